The van der Waals surface area contributed by atoms with E-state index in [1.165, 1.54) is 5.57 Å². The number of nitrogens with zero attached hydrogens (tertiary/aromatic N) is 1. The third-order valence-electron chi connectivity index (χ3n) is 3.81. The van der Waals surface area contributed by atoms with Crippen molar-refractivity contribution in [2.75, 3.05) is 25.4 Å². The van der Waals surface area contributed by atoms with Crippen LogP contribution in [0.4, 0.5) is 5.82 Å². The van der Waals surface area contributed by atoms with E-state index in [0.717, 1.165) is 24.0 Å². The van der Waals surface area contributed by atoms with E-state index in [9.17, 15) is 4.21 Å². The molecule has 7 heteroatoms. The number of halogens is 1. The van der Waals surface area contributed by atoms with Gasteiger partial charge in [-0.3, -0.25) is 0 Å². The molecule has 108 valence electrons. The van der Waals surface area contributed by atoms with Crippen LogP contribution in [0.1, 0.15) is 6.42 Å². The highest BCUT2D eigenvalue weighted by Crippen LogP contribution is 2.32. The van der Waals surface area contributed by atoms with E-state index in [1.807, 2.05) is 0 Å². The Morgan fingerprint density at radius 1 is 1.60 bits per heavy atom. The molecular formula is C13H17BrN4OS. The summed E-state index contributed by atoms with van der Waals surface area (Å²) >= 11 is 3.32. The second-order valence-corrected chi connectivity index (χ2v) is 7.40. The van der Waals surface area contributed by atoms with Crippen molar-refractivity contribution in [1.29, 1.82) is 0 Å². The van der Waals surface area contributed by atoms with Crippen LogP contribution in [0.5, 0.6) is 0 Å². The van der Waals surface area contributed by atoms with Gasteiger partial charge in [-0.15, -0.1) is 0 Å². The molecule has 2 aliphatic rings. The molecule has 1 aromatic rings. The van der Waals surface area contributed by atoms with Gasteiger partial charge in [-0.25, -0.2) is 13.9 Å². The molecule has 0 spiro atoms. The number of hydrogen-bond donors (Lipinski definition) is 3. The number of nitrogens with one attached hydrogen (secondary N) is 2. The quantitative estimate of drug-likeness (QED) is 0.708. The summed E-state index contributed by atoms with van der Waals surface area (Å²) in [5.41, 5.74) is 7.27. The summed E-state index contributed by atoms with van der Waals surface area (Å²) in [6.07, 6.45) is 5.06. The standard InChI is InChI=1S/C13H17BrN4OS/c14-11-3-12(13(15)17-7-11)20(19)18-4-8-1-9-5-16-6-10(9)2-8/h1,3,7-8,10,16,18H,2,4-6H2,(H2,15,17). The Balaban J connectivity index is 1.60. The zero-order chi connectivity index (χ0) is 14.1. The maximum atomic E-state index is 12.2. The third kappa shape index (κ3) is 2.95. The number of hydrogen-bond acceptors (Lipinski definition) is 4. The minimum atomic E-state index is -1.32. The van der Waals surface area contributed by atoms with Gasteiger partial charge in [0.25, 0.3) is 0 Å². The number of anilines is 1. The van der Waals surface area contributed by atoms with Gasteiger partial charge in [-0.05, 0) is 40.3 Å². The molecule has 0 radical (unpaired) electrons. The molecule has 3 rings (SSSR count). The average Bonchev–Trinajstić information content (AvgIpc) is 2.99. The lowest BCUT2D eigenvalue weighted by atomic mass is 10.0. The Morgan fingerprint density at radius 2 is 2.45 bits per heavy atom. The largest absolute Gasteiger partial charge is 0.383 e. The van der Waals surface area contributed by atoms with Crippen molar-refractivity contribution in [1.82, 2.24) is 15.0 Å². The van der Waals surface area contributed by atoms with Gasteiger partial charge in [-0.1, -0.05) is 11.6 Å². The maximum Gasteiger partial charge on any atom is 0.141 e. The van der Waals surface area contributed by atoms with E-state index in [-0.39, 0.29) is 0 Å². The van der Waals surface area contributed by atoms with Crippen molar-refractivity contribution in [3.63, 3.8) is 0 Å². The molecule has 1 aliphatic heterocycles. The van der Waals surface area contributed by atoms with Crippen molar-refractivity contribution in [2.45, 2.75) is 11.3 Å². The van der Waals surface area contributed by atoms with Gasteiger partial charge in [0.2, 0.25) is 0 Å². The lowest BCUT2D eigenvalue weighted by molar-refractivity contribution is 0.519. The molecule has 1 fully saturated rings. The molecule has 4 N–H and O–H groups in total. The summed E-state index contributed by atoms with van der Waals surface area (Å²) in [4.78, 5) is 4.54. The third-order valence-corrected chi connectivity index (χ3v) is 5.40. The summed E-state index contributed by atoms with van der Waals surface area (Å²) in [5, 5.41) is 3.37. The second kappa shape index (κ2) is 5.93. The van der Waals surface area contributed by atoms with Gasteiger partial charge < -0.3 is 11.1 Å². The van der Waals surface area contributed by atoms with Crippen molar-refractivity contribution in [2.24, 2.45) is 11.8 Å². The first kappa shape index (κ1) is 14.2. The monoisotopic (exact) mass is 356 g/mol. The summed E-state index contributed by atoms with van der Waals surface area (Å²) in [7, 11) is -1.32. The smallest absolute Gasteiger partial charge is 0.141 e. The topological polar surface area (TPSA) is 80.0 Å². The molecule has 0 bridgehead atoms. The van der Waals surface area contributed by atoms with Gasteiger partial charge in [0.05, 0.1) is 4.90 Å². The van der Waals surface area contributed by atoms with Crippen LogP contribution in [-0.2, 0) is 11.0 Å². The number of pyridine rings is 1. The molecule has 2 heterocycles. The molecule has 0 saturated carbocycles. The highest BCUT2D eigenvalue weighted by Gasteiger charge is 2.29. The fraction of sp³-hybridized carbons (Fsp3) is 0.462. The van der Waals surface area contributed by atoms with Crippen LogP contribution in [-0.4, -0.2) is 28.8 Å². The van der Waals surface area contributed by atoms with E-state index in [1.54, 1.807) is 12.3 Å². The Bertz CT molecular complexity index is 577. The van der Waals surface area contributed by atoms with Crippen LogP contribution in [0.15, 0.2) is 33.3 Å². The second-order valence-electron chi connectivity index (χ2n) is 5.22. The van der Waals surface area contributed by atoms with Crippen molar-refractivity contribution < 1.29 is 4.21 Å². The molecular weight excluding hydrogens is 340 g/mol. The van der Waals surface area contributed by atoms with Crippen LogP contribution < -0.4 is 15.8 Å². The summed E-state index contributed by atoms with van der Waals surface area (Å²) in [6, 6.07) is 1.75. The molecule has 0 aromatic carbocycles. The van der Waals surface area contributed by atoms with Gasteiger partial charge in [0, 0.05) is 30.3 Å². The molecule has 5 nitrogen and oxygen atoms in total. The number of nitrogens with two attached hydrogens (primary N) is 1. The predicted molar refractivity (Wildman–Crippen MR) is 83.3 cm³/mol. The van der Waals surface area contributed by atoms with E-state index in [4.69, 9.17) is 5.73 Å². The minimum Gasteiger partial charge on any atom is -0.383 e. The van der Waals surface area contributed by atoms with E-state index in [2.05, 4.69) is 37.0 Å². The zero-order valence-electron chi connectivity index (χ0n) is 10.9. The van der Waals surface area contributed by atoms with Crippen molar-refractivity contribution >= 4 is 32.7 Å². The van der Waals surface area contributed by atoms with E-state index < -0.39 is 11.0 Å². The van der Waals surface area contributed by atoms with Crippen LogP contribution >= 0.6 is 15.9 Å². The van der Waals surface area contributed by atoms with E-state index >= 15 is 0 Å². The molecule has 0 amide bonds. The first-order chi connectivity index (χ1) is 9.63. The normalized spacial score (nSPS) is 26.4. The Labute approximate surface area is 129 Å². The number of fused-ring (bicyclic) bond motifs is 1. The SMILES string of the molecule is Nc1ncc(Br)cc1S(=O)NCC1C=C2CNCC2C1. The van der Waals surface area contributed by atoms with Crippen LogP contribution in [0, 0.1) is 11.8 Å². The highest BCUT2D eigenvalue weighted by molar-refractivity contribution is 9.10. The fourth-order valence-electron chi connectivity index (χ4n) is 2.81. The van der Waals surface area contributed by atoms with Gasteiger partial charge in [0.1, 0.15) is 16.8 Å². The number of nitrogen functional groups attached to an aromatic ring is 1. The zero-order valence-corrected chi connectivity index (χ0v) is 13.3. The summed E-state index contributed by atoms with van der Waals surface area (Å²) in [5.74, 6) is 1.44. The number of aromatic nitrogens is 1. The predicted octanol–water partition coefficient (Wildman–Crippen LogP) is 1.20. The van der Waals surface area contributed by atoms with Gasteiger partial charge in [0.15, 0.2) is 0 Å². The Hall–Kier alpha value is -0.760. The van der Waals surface area contributed by atoms with Crippen LogP contribution in [0.2, 0.25) is 0 Å². The molecule has 1 aromatic heterocycles. The van der Waals surface area contributed by atoms with Crippen LogP contribution in [0.25, 0.3) is 0 Å². The Morgan fingerprint density at radius 3 is 3.25 bits per heavy atom. The van der Waals surface area contributed by atoms with Crippen molar-refractivity contribution in [3.8, 4) is 0 Å². The van der Waals surface area contributed by atoms with Crippen molar-refractivity contribution in [3.05, 3.63) is 28.4 Å². The molecule has 1 aliphatic carbocycles. The summed E-state index contributed by atoms with van der Waals surface area (Å²) < 4.78 is 16.1. The fourth-order valence-corrected chi connectivity index (χ4v) is 4.30. The molecule has 3 unspecified atom stereocenters. The lowest BCUT2D eigenvalue weighted by Gasteiger charge is -2.12. The Kier molecular flexibility index (Phi) is 4.21. The van der Waals surface area contributed by atoms with Gasteiger partial charge in [-0.2, -0.15) is 0 Å². The average molecular weight is 357 g/mol. The first-order valence-corrected chi connectivity index (χ1v) is 8.55. The molecule has 3 atom stereocenters. The summed E-state index contributed by atoms with van der Waals surface area (Å²) in [6.45, 7) is 2.79. The van der Waals surface area contributed by atoms with E-state index in [0.29, 0.717) is 29.1 Å². The lowest BCUT2D eigenvalue weighted by Crippen LogP contribution is -2.25. The highest BCUT2D eigenvalue weighted by atomic mass is 79.9. The number of rotatable bonds is 4. The minimum absolute atomic E-state index is 0.310. The van der Waals surface area contributed by atoms with Crippen LogP contribution in [0.3, 0.4) is 0 Å². The van der Waals surface area contributed by atoms with Gasteiger partial charge >= 0.3 is 0 Å². The first-order valence-electron chi connectivity index (χ1n) is 6.61. The molecule has 1 saturated heterocycles. The molecule has 20 heavy (non-hydrogen) atoms. The maximum absolute atomic E-state index is 12.2.